The highest BCUT2D eigenvalue weighted by molar-refractivity contribution is 5.98. The van der Waals surface area contributed by atoms with Gasteiger partial charge in [-0.15, -0.1) is 0 Å². The summed E-state index contributed by atoms with van der Waals surface area (Å²) in [5.41, 5.74) is 14.8. The molecule has 0 fully saturated rings. The Labute approximate surface area is 224 Å². The maximum atomic E-state index is 9.09. The molecule has 0 aromatic heterocycles. The van der Waals surface area contributed by atoms with Gasteiger partial charge >= 0.3 is 0 Å². The minimum atomic E-state index is -0.500. The molecule has 0 bridgehead atoms. The van der Waals surface area contributed by atoms with Gasteiger partial charge in [-0.05, 0) is 91.6 Å². The number of rotatable bonds is 4. The van der Waals surface area contributed by atoms with Crippen molar-refractivity contribution in [2.24, 2.45) is 5.92 Å². The topological polar surface area (TPSA) is 46.2 Å². The maximum absolute atomic E-state index is 9.09. The van der Waals surface area contributed by atoms with Gasteiger partial charge < -0.3 is 10.8 Å². The first-order valence-corrected chi connectivity index (χ1v) is 12.9. The molecule has 0 heterocycles. The number of aryl methyl sites for hydroxylation is 2. The molecular weight excluding hydrogens is 450 g/mol. The van der Waals surface area contributed by atoms with Gasteiger partial charge in [0.25, 0.3) is 0 Å². The molecule has 0 unspecified atom stereocenters. The van der Waals surface area contributed by atoms with E-state index in [4.69, 9.17) is 10.8 Å². The Morgan fingerprint density at radius 2 is 1.19 bits per heavy atom. The van der Waals surface area contributed by atoms with Gasteiger partial charge in [0, 0.05) is 5.69 Å². The van der Waals surface area contributed by atoms with Crippen molar-refractivity contribution in [2.45, 2.75) is 54.1 Å². The number of hydrogen-bond donors (Lipinski definition) is 2. The predicted molar refractivity (Wildman–Crippen MR) is 162 cm³/mol. The molecular formula is C35H43NO. The van der Waals surface area contributed by atoms with E-state index in [-0.39, 0.29) is 0 Å². The Bertz CT molecular complexity index is 1230. The van der Waals surface area contributed by atoms with Gasteiger partial charge in [-0.1, -0.05) is 111 Å². The standard InChI is InChI=1S/C22H20.C7H9N.C6H14O/c1-17-11-9-10-16-21(17)22(20-14-7-4-8-15-20)18(2)19-12-5-3-6-13-19;1-6-3-2-4-7(8)5-6;1-5(2)6(3,4)7/h3-16H,1-2H3;2-5H,8H2,1H3;5,7H,1-4H3/b22-18+;;. The van der Waals surface area contributed by atoms with Gasteiger partial charge in [0.05, 0.1) is 5.60 Å². The van der Waals surface area contributed by atoms with Crippen molar-refractivity contribution >= 4 is 16.8 Å². The highest BCUT2D eigenvalue weighted by atomic mass is 16.3. The van der Waals surface area contributed by atoms with Crippen molar-refractivity contribution in [2.75, 3.05) is 5.73 Å². The summed E-state index contributed by atoms with van der Waals surface area (Å²) < 4.78 is 0. The molecule has 4 aromatic rings. The second-order valence-corrected chi connectivity index (χ2v) is 10.3. The molecule has 0 aliphatic carbocycles. The second kappa shape index (κ2) is 14.2. The zero-order chi connectivity index (χ0) is 27.4. The van der Waals surface area contributed by atoms with Crippen LogP contribution in [0.1, 0.15) is 62.4 Å². The number of benzene rings is 4. The van der Waals surface area contributed by atoms with Crippen LogP contribution < -0.4 is 5.73 Å². The van der Waals surface area contributed by atoms with E-state index in [1.165, 1.54) is 39.0 Å². The van der Waals surface area contributed by atoms with Gasteiger partial charge in [-0.25, -0.2) is 0 Å². The van der Waals surface area contributed by atoms with Crippen LogP contribution in [0.2, 0.25) is 0 Å². The number of aliphatic hydroxyl groups is 1. The fourth-order valence-electron chi connectivity index (χ4n) is 3.53. The fraction of sp³-hybridized carbons (Fsp3) is 0.257. The first kappa shape index (κ1) is 29.6. The van der Waals surface area contributed by atoms with Gasteiger partial charge in [-0.2, -0.15) is 0 Å². The molecule has 37 heavy (non-hydrogen) atoms. The molecule has 0 aliphatic heterocycles. The Hall–Kier alpha value is -3.62. The molecule has 4 rings (SSSR count). The number of allylic oxidation sites excluding steroid dienone is 1. The third kappa shape index (κ3) is 9.74. The zero-order valence-corrected chi connectivity index (χ0v) is 23.5. The summed E-state index contributed by atoms with van der Waals surface area (Å²) in [6.45, 7) is 14.0. The number of hydrogen-bond acceptors (Lipinski definition) is 2. The monoisotopic (exact) mass is 493 g/mol. The zero-order valence-electron chi connectivity index (χ0n) is 23.5. The summed E-state index contributed by atoms with van der Waals surface area (Å²) in [4.78, 5) is 0. The maximum Gasteiger partial charge on any atom is 0.0614 e. The van der Waals surface area contributed by atoms with E-state index in [9.17, 15) is 0 Å². The highest BCUT2D eigenvalue weighted by Gasteiger charge is 2.16. The first-order valence-electron chi connectivity index (χ1n) is 12.9. The minimum absolute atomic E-state index is 0.354. The summed E-state index contributed by atoms with van der Waals surface area (Å²) in [5, 5.41) is 9.09. The molecule has 2 heteroatoms. The van der Waals surface area contributed by atoms with Crippen molar-refractivity contribution in [1.29, 1.82) is 0 Å². The lowest BCUT2D eigenvalue weighted by atomic mass is 9.88. The average molecular weight is 494 g/mol. The van der Waals surface area contributed by atoms with Crippen LogP contribution >= 0.6 is 0 Å². The lowest BCUT2D eigenvalue weighted by Gasteiger charge is -2.21. The van der Waals surface area contributed by atoms with Crippen LogP contribution in [0.3, 0.4) is 0 Å². The number of nitrogens with two attached hydrogens (primary N) is 1. The number of nitrogen functional groups attached to an aromatic ring is 1. The second-order valence-electron chi connectivity index (χ2n) is 10.3. The minimum Gasteiger partial charge on any atom is -0.399 e. The smallest absolute Gasteiger partial charge is 0.0614 e. The lowest BCUT2D eigenvalue weighted by molar-refractivity contribution is 0.0327. The molecule has 0 radical (unpaired) electrons. The van der Waals surface area contributed by atoms with E-state index in [1.807, 2.05) is 58.9 Å². The average Bonchev–Trinajstić information content (AvgIpc) is 2.86. The Morgan fingerprint density at radius 1 is 0.703 bits per heavy atom. The van der Waals surface area contributed by atoms with Gasteiger partial charge in [0.1, 0.15) is 0 Å². The van der Waals surface area contributed by atoms with Crippen LogP contribution in [0.4, 0.5) is 5.69 Å². The molecule has 4 aromatic carbocycles. The molecule has 3 N–H and O–H groups in total. The quantitative estimate of drug-likeness (QED) is 0.220. The van der Waals surface area contributed by atoms with Gasteiger partial charge in [-0.3, -0.25) is 0 Å². The third-order valence-electron chi connectivity index (χ3n) is 6.51. The largest absolute Gasteiger partial charge is 0.399 e. The van der Waals surface area contributed by atoms with E-state index >= 15 is 0 Å². The Balaban J connectivity index is 0.000000263. The summed E-state index contributed by atoms with van der Waals surface area (Å²) >= 11 is 0. The van der Waals surface area contributed by atoms with Crippen molar-refractivity contribution in [3.63, 3.8) is 0 Å². The Morgan fingerprint density at radius 3 is 1.62 bits per heavy atom. The third-order valence-corrected chi connectivity index (χ3v) is 6.51. The predicted octanol–water partition coefficient (Wildman–Crippen LogP) is 8.96. The molecule has 0 spiro atoms. The van der Waals surface area contributed by atoms with Crippen LogP contribution in [-0.2, 0) is 0 Å². The van der Waals surface area contributed by atoms with Crippen LogP contribution in [-0.4, -0.2) is 10.7 Å². The molecule has 2 nitrogen and oxygen atoms in total. The van der Waals surface area contributed by atoms with Crippen molar-refractivity contribution < 1.29 is 5.11 Å². The van der Waals surface area contributed by atoms with Gasteiger partial charge in [0.2, 0.25) is 0 Å². The Kier molecular flexibility index (Phi) is 11.4. The fourth-order valence-corrected chi connectivity index (χ4v) is 3.53. The van der Waals surface area contributed by atoms with E-state index in [0.29, 0.717) is 5.92 Å². The van der Waals surface area contributed by atoms with Crippen LogP contribution in [0.5, 0.6) is 0 Å². The van der Waals surface area contributed by atoms with Crippen molar-refractivity contribution in [3.05, 3.63) is 137 Å². The van der Waals surface area contributed by atoms with Crippen molar-refractivity contribution in [3.8, 4) is 0 Å². The summed E-state index contributed by atoms with van der Waals surface area (Å²) in [6.07, 6.45) is 0. The van der Waals surface area contributed by atoms with Crippen LogP contribution in [0.25, 0.3) is 11.1 Å². The van der Waals surface area contributed by atoms with Gasteiger partial charge in [0.15, 0.2) is 0 Å². The molecule has 0 saturated carbocycles. The summed E-state index contributed by atoms with van der Waals surface area (Å²) in [5.74, 6) is 0.354. The molecule has 0 amide bonds. The highest BCUT2D eigenvalue weighted by Crippen LogP contribution is 2.33. The number of anilines is 1. The van der Waals surface area contributed by atoms with E-state index in [0.717, 1.165) is 5.69 Å². The van der Waals surface area contributed by atoms with Crippen molar-refractivity contribution in [1.82, 2.24) is 0 Å². The van der Waals surface area contributed by atoms with Crippen LogP contribution in [0, 0.1) is 19.8 Å². The SMILES string of the molecule is C/C(=C(/c1ccccc1)c1ccccc1C)c1ccccc1.CC(C)C(C)(C)O.Cc1cccc(N)c1. The first-order chi connectivity index (χ1) is 17.5. The van der Waals surface area contributed by atoms with E-state index in [2.05, 4.69) is 98.8 Å². The summed E-state index contributed by atoms with van der Waals surface area (Å²) in [7, 11) is 0. The van der Waals surface area contributed by atoms with E-state index in [1.54, 1.807) is 0 Å². The molecule has 194 valence electrons. The molecule has 0 aliphatic rings. The van der Waals surface area contributed by atoms with E-state index < -0.39 is 5.60 Å². The normalized spacial score (nSPS) is 11.5. The molecule has 0 atom stereocenters. The lowest BCUT2D eigenvalue weighted by Crippen LogP contribution is -2.25. The molecule has 0 saturated heterocycles. The summed E-state index contributed by atoms with van der Waals surface area (Å²) in [6, 6.07) is 37.7. The van der Waals surface area contributed by atoms with Crippen LogP contribution in [0.15, 0.2) is 109 Å².